The van der Waals surface area contributed by atoms with Crippen LogP contribution in [0.1, 0.15) is 44.7 Å². The lowest BCUT2D eigenvalue weighted by molar-refractivity contribution is -0.123. The van der Waals surface area contributed by atoms with Crippen LogP contribution in [0.2, 0.25) is 0 Å². The molecule has 2 saturated heterocycles. The average Bonchev–Trinajstić information content (AvgIpc) is 2.65. The first kappa shape index (κ1) is 18.3. The van der Waals surface area contributed by atoms with Gasteiger partial charge < -0.3 is 10.6 Å². The van der Waals surface area contributed by atoms with E-state index in [0.717, 1.165) is 51.3 Å². The van der Waals surface area contributed by atoms with Crippen molar-refractivity contribution in [2.45, 2.75) is 51.6 Å². The van der Waals surface area contributed by atoms with Gasteiger partial charge in [-0.05, 0) is 62.7 Å². The highest BCUT2D eigenvalue weighted by atomic mass is 16.1. The predicted molar refractivity (Wildman–Crippen MR) is 100 cm³/mol. The van der Waals surface area contributed by atoms with E-state index in [9.17, 15) is 4.79 Å². The standard InChI is InChI=1S/C20H32N4O/c1-16(17-5-10-21-11-6-17)14-20(25)23-18-7-12-24(13-8-18)15-19-4-2-3-9-22-19/h2-4,9,16-18,21H,5-8,10-15H2,1H3,(H,23,25). The fourth-order valence-corrected chi connectivity index (χ4v) is 4.12. The molecular weight excluding hydrogens is 312 g/mol. The summed E-state index contributed by atoms with van der Waals surface area (Å²) in [4.78, 5) is 19.2. The lowest BCUT2D eigenvalue weighted by Gasteiger charge is -2.33. The zero-order chi connectivity index (χ0) is 17.5. The summed E-state index contributed by atoms with van der Waals surface area (Å²) in [6.45, 7) is 7.42. The van der Waals surface area contributed by atoms with Crippen LogP contribution in [0.3, 0.4) is 0 Å². The Hall–Kier alpha value is -1.46. The van der Waals surface area contributed by atoms with Crippen molar-refractivity contribution in [3.05, 3.63) is 30.1 Å². The molecule has 2 aliphatic heterocycles. The number of likely N-dealkylation sites (tertiary alicyclic amines) is 1. The van der Waals surface area contributed by atoms with Crippen LogP contribution in [-0.2, 0) is 11.3 Å². The Morgan fingerprint density at radius 1 is 1.28 bits per heavy atom. The summed E-state index contributed by atoms with van der Waals surface area (Å²) in [7, 11) is 0. The number of aromatic nitrogens is 1. The van der Waals surface area contributed by atoms with Crippen molar-refractivity contribution in [1.82, 2.24) is 20.5 Å². The van der Waals surface area contributed by atoms with Crippen LogP contribution in [0.25, 0.3) is 0 Å². The number of carbonyl (C=O) groups is 1. The van der Waals surface area contributed by atoms with Gasteiger partial charge in [-0.15, -0.1) is 0 Å². The number of nitrogens with one attached hydrogen (secondary N) is 2. The second-order valence-corrected chi connectivity index (χ2v) is 7.71. The highest BCUT2D eigenvalue weighted by molar-refractivity contribution is 5.76. The van der Waals surface area contributed by atoms with Crippen LogP contribution >= 0.6 is 0 Å². The number of amides is 1. The maximum atomic E-state index is 12.4. The summed E-state index contributed by atoms with van der Waals surface area (Å²) in [6.07, 6.45) is 7.03. The van der Waals surface area contributed by atoms with Crippen LogP contribution < -0.4 is 10.6 Å². The molecule has 5 nitrogen and oxygen atoms in total. The maximum absolute atomic E-state index is 12.4. The number of pyridine rings is 1. The second-order valence-electron chi connectivity index (χ2n) is 7.71. The number of rotatable bonds is 6. The van der Waals surface area contributed by atoms with Gasteiger partial charge in [0.2, 0.25) is 5.91 Å². The largest absolute Gasteiger partial charge is 0.353 e. The second kappa shape index (κ2) is 9.30. The number of nitrogens with zero attached hydrogens (tertiary/aromatic N) is 2. The monoisotopic (exact) mass is 344 g/mol. The maximum Gasteiger partial charge on any atom is 0.220 e. The molecule has 3 heterocycles. The third-order valence-corrected chi connectivity index (χ3v) is 5.76. The molecule has 0 aliphatic carbocycles. The zero-order valence-corrected chi connectivity index (χ0v) is 15.4. The van der Waals surface area contributed by atoms with Gasteiger partial charge in [0.15, 0.2) is 0 Å². The van der Waals surface area contributed by atoms with Gasteiger partial charge in [0.1, 0.15) is 0 Å². The highest BCUT2D eigenvalue weighted by Gasteiger charge is 2.24. The Balaban J connectivity index is 1.36. The highest BCUT2D eigenvalue weighted by Crippen LogP contribution is 2.24. The summed E-state index contributed by atoms with van der Waals surface area (Å²) in [6, 6.07) is 6.41. The lowest BCUT2D eigenvalue weighted by Crippen LogP contribution is -2.45. The number of hydrogen-bond acceptors (Lipinski definition) is 4. The Kier molecular flexibility index (Phi) is 6.82. The third kappa shape index (κ3) is 5.79. The smallest absolute Gasteiger partial charge is 0.220 e. The van der Waals surface area contributed by atoms with Gasteiger partial charge in [0.05, 0.1) is 5.69 Å². The van der Waals surface area contributed by atoms with Crippen LogP contribution in [0.15, 0.2) is 24.4 Å². The summed E-state index contributed by atoms with van der Waals surface area (Å²) in [5, 5.41) is 6.68. The molecule has 138 valence electrons. The van der Waals surface area contributed by atoms with E-state index in [2.05, 4.69) is 33.5 Å². The molecule has 2 fully saturated rings. The van der Waals surface area contributed by atoms with Crippen LogP contribution in [-0.4, -0.2) is 48.0 Å². The Morgan fingerprint density at radius 2 is 2.04 bits per heavy atom. The number of hydrogen-bond donors (Lipinski definition) is 2. The summed E-state index contributed by atoms with van der Waals surface area (Å²) >= 11 is 0. The Bertz CT molecular complexity index is 522. The van der Waals surface area contributed by atoms with Crippen molar-refractivity contribution in [3.63, 3.8) is 0 Å². The number of carbonyl (C=O) groups excluding carboxylic acids is 1. The van der Waals surface area contributed by atoms with Crippen molar-refractivity contribution in [1.29, 1.82) is 0 Å². The molecule has 0 radical (unpaired) electrons. The lowest BCUT2D eigenvalue weighted by atomic mass is 9.84. The Morgan fingerprint density at radius 3 is 2.72 bits per heavy atom. The van der Waals surface area contributed by atoms with E-state index in [1.165, 1.54) is 12.8 Å². The van der Waals surface area contributed by atoms with Gasteiger partial charge in [0.25, 0.3) is 0 Å². The van der Waals surface area contributed by atoms with Gasteiger partial charge in [-0.1, -0.05) is 13.0 Å². The molecule has 2 N–H and O–H groups in total. The third-order valence-electron chi connectivity index (χ3n) is 5.76. The molecule has 0 saturated carbocycles. The van der Waals surface area contributed by atoms with Gasteiger partial charge >= 0.3 is 0 Å². The molecule has 2 aliphatic rings. The van der Waals surface area contributed by atoms with E-state index >= 15 is 0 Å². The number of piperidine rings is 2. The van der Waals surface area contributed by atoms with Gasteiger partial charge in [0, 0.05) is 38.3 Å². The van der Waals surface area contributed by atoms with Crippen LogP contribution in [0.4, 0.5) is 0 Å². The van der Waals surface area contributed by atoms with Crippen molar-refractivity contribution in [3.8, 4) is 0 Å². The normalized spacial score (nSPS) is 21.8. The average molecular weight is 345 g/mol. The van der Waals surface area contributed by atoms with Crippen molar-refractivity contribution in [2.75, 3.05) is 26.2 Å². The molecule has 1 unspecified atom stereocenters. The molecule has 0 spiro atoms. The SMILES string of the molecule is CC(CC(=O)NC1CCN(Cc2ccccn2)CC1)C1CCNCC1. The fraction of sp³-hybridized carbons (Fsp3) is 0.700. The van der Waals surface area contributed by atoms with Gasteiger partial charge in [-0.2, -0.15) is 0 Å². The molecule has 0 aromatic carbocycles. The first-order chi connectivity index (χ1) is 12.2. The molecule has 1 atom stereocenters. The first-order valence-electron chi connectivity index (χ1n) is 9.83. The molecule has 5 heteroatoms. The van der Waals surface area contributed by atoms with E-state index in [1.54, 1.807) is 0 Å². The minimum Gasteiger partial charge on any atom is -0.353 e. The van der Waals surface area contributed by atoms with Crippen LogP contribution in [0.5, 0.6) is 0 Å². The topological polar surface area (TPSA) is 57.3 Å². The zero-order valence-electron chi connectivity index (χ0n) is 15.4. The van der Waals surface area contributed by atoms with E-state index in [1.807, 2.05) is 18.3 Å². The quantitative estimate of drug-likeness (QED) is 0.831. The van der Waals surface area contributed by atoms with Crippen molar-refractivity contribution < 1.29 is 4.79 Å². The predicted octanol–water partition coefficient (Wildman–Crippen LogP) is 2.19. The minimum atomic E-state index is 0.245. The first-order valence-corrected chi connectivity index (χ1v) is 9.83. The van der Waals surface area contributed by atoms with Crippen molar-refractivity contribution >= 4 is 5.91 Å². The molecular formula is C20H32N4O. The van der Waals surface area contributed by atoms with Crippen molar-refractivity contribution in [2.24, 2.45) is 11.8 Å². The van der Waals surface area contributed by atoms with E-state index in [4.69, 9.17) is 0 Å². The summed E-state index contributed by atoms with van der Waals surface area (Å²) in [5.74, 6) is 1.44. The van der Waals surface area contributed by atoms with E-state index in [0.29, 0.717) is 24.3 Å². The summed E-state index contributed by atoms with van der Waals surface area (Å²) in [5.41, 5.74) is 1.13. The molecule has 3 rings (SSSR count). The van der Waals surface area contributed by atoms with Crippen LogP contribution in [0, 0.1) is 11.8 Å². The molecule has 1 aromatic heterocycles. The van der Waals surface area contributed by atoms with E-state index < -0.39 is 0 Å². The molecule has 0 bridgehead atoms. The fourth-order valence-electron chi connectivity index (χ4n) is 4.12. The summed E-state index contributed by atoms with van der Waals surface area (Å²) < 4.78 is 0. The van der Waals surface area contributed by atoms with E-state index in [-0.39, 0.29) is 5.91 Å². The van der Waals surface area contributed by atoms with Gasteiger partial charge in [-0.25, -0.2) is 0 Å². The molecule has 1 amide bonds. The minimum absolute atomic E-state index is 0.245. The molecule has 25 heavy (non-hydrogen) atoms. The molecule has 1 aromatic rings. The Labute approximate surface area is 151 Å². The van der Waals surface area contributed by atoms with Gasteiger partial charge in [-0.3, -0.25) is 14.7 Å².